The summed E-state index contributed by atoms with van der Waals surface area (Å²) in [6, 6.07) is 10.9. The number of rotatable bonds is 5. The van der Waals surface area contributed by atoms with Crippen LogP contribution in [0.25, 0.3) is 33.5 Å². The van der Waals surface area contributed by atoms with Crippen LogP contribution in [0.2, 0.25) is 0 Å². The predicted molar refractivity (Wildman–Crippen MR) is 155 cm³/mol. The van der Waals surface area contributed by atoms with E-state index in [1.54, 1.807) is 15.6 Å². The molecule has 0 spiro atoms. The zero-order valence-corrected chi connectivity index (χ0v) is 23.1. The fraction of sp³-hybridized carbons (Fsp3) is 0.400. The Kier molecular flexibility index (Phi) is 7.14. The highest BCUT2D eigenvalue weighted by Gasteiger charge is 2.57. The van der Waals surface area contributed by atoms with Crippen LogP contribution in [0, 0.1) is 5.92 Å². The molecule has 41 heavy (non-hydrogen) atoms. The minimum atomic E-state index is -0.657. The first-order valence-electron chi connectivity index (χ1n) is 13.2. The number of likely N-dealkylation sites (tertiary alicyclic amines) is 1. The van der Waals surface area contributed by atoms with Gasteiger partial charge in [0, 0.05) is 36.5 Å². The van der Waals surface area contributed by atoms with Crippen molar-refractivity contribution in [2.75, 3.05) is 12.4 Å². The Balaban J connectivity index is 0.00000337. The van der Waals surface area contributed by atoms with Crippen molar-refractivity contribution >= 4 is 28.9 Å². The molecule has 1 aliphatic heterocycles. The summed E-state index contributed by atoms with van der Waals surface area (Å²) in [6.07, 6.45) is 4.35. The number of hydrogen-bond acceptors (Lipinski definition) is 8. The van der Waals surface area contributed by atoms with Crippen molar-refractivity contribution in [1.82, 2.24) is 29.6 Å². The van der Waals surface area contributed by atoms with Gasteiger partial charge in [-0.1, -0.05) is 37.8 Å². The van der Waals surface area contributed by atoms with Gasteiger partial charge in [-0.05, 0) is 39.5 Å². The van der Waals surface area contributed by atoms with Crippen LogP contribution in [0.5, 0.6) is 5.75 Å². The lowest BCUT2D eigenvalue weighted by atomic mass is 10.0. The lowest BCUT2D eigenvalue weighted by Crippen LogP contribution is -2.47. The molecule has 1 N–H and O–H groups in total. The van der Waals surface area contributed by atoms with Gasteiger partial charge in [0.1, 0.15) is 34.9 Å². The van der Waals surface area contributed by atoms with E-state index in [0.717, 1.165) is 23.2 Å². The minimum Gasteiger partial charge on any atom is -0.493 e. The van der Waals surface area contributed by atoms with Crippen molar-refractivity contribution in [2.24, 2.45) is 13.0 Å². The molecule has 1 saturated heterocycles. The Morgan fingerprint density at radius 3 is 2.54 bits per heavy atom. The summed E-state index contributed by atoms with van der Waals surface area (Å²) in [5.74, 6) is 0.544. The highest BCUT2D eigenvalue weighted by atomic mass is 16.6. The molecule has 1 saturated carbocycles. The van der Waals surface area contributed by atoms with E-state index in [1.807, 2.05) is 64.3 Å². The molecule has 3 aromatic heterocycles. The normalized spacial score (nSPS) is 19.3. The topological polar surface area (TPSA) is 124 Å². The zero-order valence-electron chi connectivity index (χ0n) is 23.1. The maximum Gasteiger partial charge on any atom is 0.411 e. The maximum atomic E-state index is 13.6. The van der Waals surface area contributed by atoms with Gasteiger partial charge in [-0.15, -0.1) is 0 Å². The average molecular weight is 558 g/mol. The third-order valence-corrected chi connectivity index (χ3v) is 7.18. The molecule has 0 bridgehead atoms. The number of fused-ring (bicyclic) bond motifs is 2. The number of methoxy groups -OCH3 is 1. The molecule has 214 valence electrons. The number of carbonyl (C=O) groups excluding carboxylic acids is 2. The Morgan fingerprint density at radius 2 is 1.83 bits per heavy atom. The van der Waals surface area contributed by atoms with Crippen molar-refractivity contribution in [1.29, 1.82) is 0 Å². The molecular weight excluding hydrogens is 522 g/mol. The maximum absolute atomic E-state index is 13.6. The van der Waals surface area contributed by atoms with Crippen LogP contribution in [0.1, 0.15) is 41.0 Å². The van der Waals surface area contributed by atoms with Crippen molar-refractivity contribution < 1.29 is 19.1 Å². The minimum absolute atomic E-state index is 0. The summed E-state index contributed by atoms with van der Waals surface area (Å²) in [4.78, 5) is 41.9. The van der Waals surface area contributed by atoms with Crippen LogP contribution < -0.4 is 10.1 Å². The first kappa shape index (κ1) is 28.0. The fourth-order valence-electron chi connectivity index (χ4n) is 5.35. The van der Waals surface area contributed by atoms with Crippen molar-refractivity contribution in [2.45, 2.75) is 58.7 Å². The number of hydrogen-bond donors (Lipinski definition) is 1. The molecule has 6 rings (SSSR count). The van der Waals surface area contributed by atoms with Crippen LogP contribution >= 0.6 is 0 Å². The summed E-state index contributed by atoms with van der Waals surface area (Å²) in [5, 5.41) is 7.58. The van der Waals surface area contributed by atoms with Gasteiger partial charge in [-0.25, -0.2) is 19.7 Å². The molecule has 11 heteroatoms. The molecule has 2 fully saturated rings. The molecule has 2 aliphatic rings. The summed E-state index contributed by atoms with van der Waals surface area (Å²) in [5.41, 5.74) is 3.44. The number of aromatic nitrogens is 5. The van der Waals surface area contributed by atoms with E-state index in [2.05, 4.69) is 20.4 Å². The smallest absolute Gasteiger partial charge is 0.411 e. The van der Waals surface area contributed by atoms with E-state index in [1.165, 1.54) is 13.4 Å². The molecule has 1 aliphatic carbocycles. The van der Waals surface area contributed by atoms with Crippen molar-refractivity contribution in [3.8, 4) is 28.3 Å². The van der Waals surface area contributed by atoms with Crippen LogP contribution in [0.15, 0.2) is 48.9 Å². The van der Waals surface area contributed by atoms with Gasteiger partial charge < -0.3 is 14.8 Å². The second-order valence-corrected chi connectivity index (χ2v) is 11.3. The quantitative estimate of drug-likeness (QED) is 0.361. The molecule has 0 radical (unpaired) electrons. The molecule has 1 aromatic carbocycles. The summed E-state index contributed by atoms with van der Waals surface area (Å²) >= 11 is 0. The number of aryl methyl sites for hydroxylation is 1. The lowest BCUT2D eigenvalue weighted by molar-refractivity contribution is -0.121. The third-order valence-electron chi connectivity index (χ3n) is 7.18. The van der Waals surface area contributed by atoms with Gasteiger partial charge in [0.25, 0.3) is 0 Å². The van der Waals surface area contributed by atoms with E-state index < -0.39 is 17.7 Å². The molecular formula is C30H35N7O4. The highest BCUT2D eigenvalue weighted by molar-refractivity contribution is 6.00. The van der Waals surface area contributed by atoms with Crippen molar-refractivity contribution in [3.63, 3.8) is 0 Å². The van der Waals surface area contributed by atoms with E-state index in [4.69, 9.17) is 14.5 Å². The van der Waals surface area contributed by atoms with Crippen LogP contribution in [-0.4, -0.2) is 66.4 Å². The van der Waals surface area contributed by atoms with Crippen molar-refractivity contribution in [3.05, 3.63) is 48.9 Å². The van der Waals surface area contributed by atoms with Gasteiger partial charge in [0.15, 0.2) is 11.6 Å². The lowest BCUT2D eigenvalue weighted by Gasteiger charge is -2.29. The van der Waals surface area contributed by atoms with Gasteiger partial charge in [-0.3, -0.25) is 14.4 Å². The number of carbonyl (C=O) groups is 2. The van der Waals surface area contributed by atoms with Gasteiger partial charge in [0.05, 0.1) is 12.6 Å². The van der Waals surface area contributed by atoms with Gasteiger partial charge in [0.2, 0.25) is 5.91 Å². The SMILES string of the molecule is C.COc1cc2ncnc(-c3cn(C)nc3-c3ccccc3)c2nc1NC(=O)C1CC2CC2N1C(=O)OC(C)(C)C. The monoisotopic (exact) mass is 557 g/mol. The summed E-state index contributed by atoms with van der Waals surface area (Å²) in [6.45, 7) is 5.44. The standard InChI is InChI=1S/C29H31N7O4.CH4/c1-29(2,3)40-28(38)36-20-11-17(20)12-21(36)27(37)33-26-22(39-5)13-19-25(32-26)24(31-15-30-19)18-14-35(4)34-23(18)16-9-7-6-8-10-16;/h6-10,13-15,17,20-21H,11-12H2,1-5H3,(H,32,33,37);1H4. The molecule has 11 nitrogen and oxygen atoms in total. The molecule has 3 atom stereocenters. The number of nitrogens with one attached hydrogen (secondary N) is 1. The second-order valence-electron chi connectivity index (χ2n) is 11.3. The van der Waals surface area contributed by atoms with Gasteiger partial charge in [-0.2, -0.15) is 5.10 Å². The Bertz CT molecular complexity index is 1610. The number of anilines is 1. The molecule has 3 unspecified atom stereocenters. The number of benzene rings is 1. The van der Waals surface area contributed by atoms with Gasteiger partial charge >= 0.3 is 6.09 Å². The number of nitrogens with zero attached hydrogens (tertiary/aromatic N) is 6. The number of piperidine rings is 1. The molecule has 4 heterocycles. The number of amides is 2. The van der Waals surface area contributed by atoms with E-state index in [-0.39, 0.29) is 25.2 Å². The van der Waals surface area contributed by atoms with E-state index in [9.17, 15) is 9.59 Å². The fourth-order valence-corrected chi connectivity index (χ4v) is 5.35. The zero-order chi connectivity index (χ0) is 28.2. The van der Waals surface area contributed by atoms with Crippen LogP contribution in [-0.2, 0) is 16.6 Å². The second kappa shape index (κ2) is 10.5. The van der Waals surface area contributed by atoms with E-state index in [0.29, 0.717) is 34.8 Å². The Labute approximate surface area is 238 Å². The van der Waals surface area contributed by atoms with Crippen LogP contribution in [0.3, 0.4) is 0 Å². The number of pyridine rings is 1. The first-order valence-corrected chi connectivity index (χ1v) is 13.2. The first-order chi connectivity index (χ1) is 19.1. The summed E-state index contributed by atoms with van der Waals surface area (Å²) < 4.78 is 12.9. The third kappa shape index (κ3) is 5.31. The average Bonchev–Trinajstić information content (AvgIpc) is 3.39. The Hall–Kier alpha value is -4.54. The van der Waals surface area contributed by atoms with Crippen LogP contribution in [0.4, 0.5) is 10.6 Å². The Morgan fingerprint density at radius 1 is 1.07 bits per heavy atom. The highest BCUT2D eigenvalue weighted by Crippen LogP contribution is 2.48. The summed E-state index contributed by atoms with van der Waals surface area (Å²) in [7, 11) is 3.36. The largest absolute Gasteiger partial charge is 0.493 e. The number of ether oxygens (including phenoxy) is 2. The molecule has 2 amide bonds. The predicted octanol–water partition coefficient (Wildman–Crippen LogP) is 5.07. The van der Waals surface area contributed by atoms with E-state index >= 15 is 0 Å². The molecule has 4 aromatic rings.